The van der Waals surface area contributed by atoms with Gasteiger partial charge in [0.25, 0.3) is 0 Å². The van der Waals surface area contributed by atoms with Crippen molar-refractivity contribution in [3.05, 3.63) is 23.7 Å². The van der Waals surface area contributed by atoms with E-state index in [9.17, 15) is 0 Å². The molecule has 4 heteroatoms. The van der Waals surface area contributed by atoms with E-state index in [4.69, 9.17) is 15.3 Å². The molecule has 1 aromatic heterocycles. The van der Waals surface area contributed by atoms with Crippen LogP contribution in [0.25, 0.3) is 0 Å². The minimum Gasteiger partial charge on any atom is -0.465 e. The van der Waals surface area contributed by atoms with E-state index in [1.54, 1.807) is 0 Å². The van der Waals surface area contributed by atoms with Crippen LogP contribution in [0.4, 0.5) is 0 Å². The molecule has 0 bridgehead atoms. The zero-order valence-electron chi connectivity index (χ0n) is 10.3. The van der Waals surface area contributed by atoms with Crippen LogP contribution in [0.15, 0.2) is 16.5 Å². The monoisotopic (exact) mass is 226 g/mol. The van der Waals surface area contributed by atoms with Crippen molar-refractivity contribution in [2.75, 3.05) is 19.7 Å². The second kappa shape index (κ2) is 6.03. The van der Waals surface area contributed by atoms with Crippen molar-refractivity contribution in [2.24, 2.45) is 5.73 Å². The number of nitrogens with zero attached hydrogens (tertiary/aromatic N) is 1. The molecule has 0 saturated heterocycles. The molecule has 1 aromatic rings. The van der Waals surface area contributed by atoms with E-state index < -0.39 is 0 Å². The topological polar surface area (TPSA) is 62.6 Å². The predicted octanol–water partition coefficient (Wildman–Crippen LogP) is 1.29. The Morgan fingerprint density at radius 2 is 2.12 bits per heavy atom. The third-order valence-electron chi connectivity index (χ3n) is 2.73. The third kappa shape index (κ3) is 3.07. The van der Waals surface area contributed by atoms with Crippen molar-refractivity contribution in [2.45, 2.75) is 32.9 Å². The van der Waals surface area contributed by atoms with Crippen molar-refractivity contribution < 1.29 is 9.52 Å². The molecule has 16 heavy (non-hydrogen) atoms. The van der Waals surface area contributed by atoms with Gasteiger partial charge in [-0.3, -0.25) is 4.90 Å². The van der Waals surface area contributed by atoms with Gasteiger partial charge in [-0.15, -0.1) is 0 Å². The number of aliphatic hydroxyl groups excluding tert-OH is 1. The van der Waals surface area contributed by atoms with E-state index in [1.165, 1.54) is 0 Å². The second-order valence-electron chi connectivity index (χ2n) is 4.26. The van der Waals surface area contributed by atoms with Crippen molar-refractivity contribution in [1.82, 2.24) is 4.90 Å². The summed E-state index contributed by atoms with van der Waals surface area (Å²) in [4.78, 5) is 2.15. The zero-order chi connectivity index (χ0) is 12.1. The fourth-order valence-corrected chi connectivity index (χ4v) is 1.94. The maximum absolute atomic E-state index is 9.07. The molecule has 0 amide bonds. The summed E-state index contributed by atoms with van der Waals surface area (Å²) in [6.07, 6.45) is 0. The number of rotatable bonds is 6. The van der Waals surface area contributed by atoms with E-state index in [1.807, 2.05) is 19.1 Å². The fraction of sp³-hybridized carbons (Fsp3) is 0.667. The van der Waals surface area contributed by atoms with E-state index in [0.717, 1.165) is 11.5 Å². The minimum atomic E-state index is 0.0425. The fourth-order valence-electron chi connectivity index (χ4n) is 1.94. The van der Waals surface area contributed by atoms with E-state index in [-0.39, 0.29) is 12.6 Å². The SMILES string of the molecule is Cc1ccc(C(CN)N(CCO)C(C)C)o1. The van der Waals surface area contributed by atoms with Gasteiger partial charge in [0, 0.05) is 19.1 Å². The minimum absolute atomic E-state index is 0.0425. The van der Waals surface area contributed by atoms with Gasteiger partial charge in [0.05, 0.1) is 12.6 Å². The van der Waals surface area contributed by atoms with Gasteiger partial charge in [-0.1, -0.05) is 0 Å². The Morgan fingerprint density at radius 3 is 2.50 bits per heavy atom. The Morgan fingerprint density at radius 1 is 1.44 bits per heavy atom. The molecule has 0 fully saturated rings. The molecule has 0 aromatic carbocycles. The van der Waals surface area contributed by atoms with Crippen LogP contribution in [0.1, 0.15) is 31.4 Å². The Labute approximate surface area is 97.0 Å². The standard InChI is InChI=1S/C12H22N2O2/c1-9(2)14(6-7-15)11(8-13)12-5-4-10(3)16-12/h4-5,9,11,15H,6-8,13H2,1-3H3. The Bertz CT molecular complexity index is 310. The molecule has 92 valence electrons. The second-order valence-corrected chi connectivity index (χ2v) is 4.26. The summed E-state index contributed by atoms with van der Waals surface area (Å²) in [6, 6.07) is 4.27. The van der Waals surface area contributed by atoms with E-state index in [2.05, 4.69) is 18.7 Å². The first-order chi connectivity index (χ1) is 7.60. The number of furan rings is 1. The van der Waals surface area contributed by atoms with Crippen molar-refractivity contribution >= 4 is 0 Å². The lowest BCUT2D eigenvalue weighted by atomic mass is 10.1. The first-order valence-corrected chi connectivity index (χ1v) is 5.73. The summed E-state index contributed by atoms with van der Waals surface area (Å²) >= 11 is 0. The lowest BCUT2D eigenvalue weighted by Crippen LogP contribution is -2.40. The largest absolute Gasteiger partial charge is 0.465 e. The summed E-state index contributed by atoms with van der Waals surface area (Å²) in [7, 11) is 0. The predicted molar refractivity (Wildman–Crippen MR) is 64.2 cm³/mol. The molecule has 4 nitrogen and oxygen atoms in total. The Balaban J connectivity index is 2.85. The van der Waals surface area contributed by atoms with Crippen LogP contribution in [0.2, 0.25) is 0 Å². The highest BCUT2D eigenvalue weighted by atomic mass is 16.3. The van der Waals surface area contributed by atoms with Crippen LogP contribution in [-0.4, -0.2) is 35.7 Å². The lowest BCUT2D eigenvalue weighted by Gasteiger charge is -2.32. The first-order valence-electron chi connectivity index (χ1n) is 5.73. The normalized spacial score (nSPS) is 13.7. The van der Waals surface area contributed by atoms with Gasteiger partial charge in [0.15, 0.2) is 0 Å². The van der Waals surface area contributed by atoms with Crippen LogP contribution >= 0.6 is 0 Å². The van der Waals surface area contributed by atoms with Crippen LogP contribution < -0.4 is 5.73 Å². The molecule has 0 aliphatic heterocycles. The highest BCUT2D eigenvalue weighted by Gasteiger charge is 2.23. The highest BCUT2D eigenvalue weighted by molar-refractivity contribution is 5.10. The zero-order valence-corrected chi connectivity index (χ0v) is 10.3. The maximum Gasteiger partial charge on any atom is 0.122 e. The first kappa shape index (κ1) is 13.2. The molecule has 1 rings (SSSR count). The molecule has 3 N–H and O–H groups in total. The molecular weight excluding hydrogens is 204 g/mol. The molecule has 1 unspecified atom stereocenters. The van der Waals surface area contributed by atoms with Gasteiger partial charge in [0.2, 0.25) is 0 Å². The maximum atomic E-state index is 9.07. The molecule has 0 aliphatic carbocycles. The van der Waals surface area contributed by atoms with Gasteiger partial charge in [-0.2, -0.15) is 0 Å². The summed E-state index contributed by atoms with van der Waals surface area (Å²) in [5.41, 5.74) is 5.80. The summed E-state index contributed by atoms with van der Waals surface area (Å²) < 4.78 is 5.61. The van der Waals surface area contributed by atoms with Gasteiger partial charge < -0.3 is 15.3 Å². The van der Waals surface area contributed by atoms with Crippen LogP contribution in [0, 0.1) is 6.92 Å². The van der Waals surface area contributed by atoms with Gasteiger partial charge in [-0.05, 0) is 32.9 Å². The molecule has 0 aliphatic rings. The van der Waals surface area contributed by atoms with E-state index >= 15 is 0 Å². The number of nitrogens with two attached hydrogens (primary N) is 1. The van der Waals surface area contributed by atoms with Crippen molar-refractivity contribution in [3.8, 4) is 0 Å². The van der Waals surface area contributed by atoms with Crippen LogP contribution in [-0.2, 0) is 0 Å². The van der Waals surface area contributed by atoms with Gasteiger partial charge in [0.1, 0.15) is 11.5 Å². The smallest absolute Gasteiger partial charge is 0.122 e. The van der Waals surface area contributed by atoms with Crippen molar-refractivity contribution in [3.63, 3.8) is 0 Å². The number of aryl methyl sites for hydroxylation is 1. The number of hydrogen-bond acceptors (Lipinski definition) is 4. The molecular formula is C12H22N2O2. The van der Waals surface area contributed by atoms with Crippen LogP contribution in [0.5, 0.6) is 0 Å². The molecule has 1 heterocycles. The average Bonchev–Trinajstić information content (AvgIpc) is 2.64. The molecule has 0 radical (unpaired) electrons. The van der Waals surface area contributed by atoms with Gasteiger partial charge >= 0.3 is 0 Å². The highest BCUT2D eigenvalue weighted by Crippen LogP contribution is 2.23. The van der Waals surface area contributed by atoms with Crippen LogP contribution in [0.3, 0.4) is 0 Å². The van der Waals surface area contributed by atoms with Gasteiger partial charge in [-0.25, -0.2) is 0 Å². The Hall–Kier alpha value is -0.840. The number of hydrogen-bond donors (Lipinski definition) is 2. The summed E-state index contributed by atoms with van der Waals surface area (Å²) in [5.74, 6) is 1.77. The van der Waals surface area contributed by atoms with Crippen molar-refractivity contribution in [1.29, 1.82) is 0 Å². The third-order valence-corrected chi connectivity index (χ3v) is 2.73. The molecule has 0 saturated carbocycles. The average molecular weight is 226 g/mol. The summed E-state index contributed by atoms with van der Waals surface area (Å²) in [6.45, 7) is 7.34. The van der Waals surface area contributed by atoms with E-state index in [0.29, 0.717) is 19.1 Å². The summed E-state index contributed by atoms with van der Waals surface area (Å²) in [5, 5.41) is 9.07. The lowest BCUT2D eigenvalue weighted by molar-refractivity contribution is 0.108. The Kier molecular flexibility index (Phi) is 4.99. The molecule has 0 spiro atoms. The molecule has 1 atom stereocenters. The quantitative estimate of drug-likeness (QED) is 0.767. The number of aliphatic hydroxyl groups is 1.